The van der Waals surface area contributed by atoms with Gasteiger partial charge in [0.1, 0.15) is 0 Å². The fraction of sp³-hybridized carbons (Fsp3) is 0.533. The lowest BCUT2D eigenvalue weighted by Gasteiger charge is -2.20. The first-order valence-corrected chi connectivity index (χ1v) is 6.81. The van der Waals surface area contributed by atoms with Crippen molar-refractivity contribution in [1.29, 1.82) is 0 Å². The maximum absolute atomic E-state index is 12.3. The van der Waals surface area contributed by atoms with E-state index in [1.807, 2.05) is 36.1 Å². The van der Waals surface area contributed by atoms with Crippen molar-refractivity contribution in [2.75, 3.05) is 19.6 Å². The first kappa shape index (κ1) is 14.7. The summed E-state index contributed by atoms with van der Waals surface area (Å²) in [5.41, 5.74) is 7.47. The van der Waals surface area contributed by atoms with E-state index in [-0.39, 0.29) is 5.91 Å². The van der Waals surface area contributed by atoms with Gasteiger partial charge in [-0.05, 0) is 44.0 Å². The van der Waals surface area contributed by atoms with Gasteiger partial charge in [0, 0.05) is 18.7 Å². The summed E-state index contributed by atoms with van der Waals surface area (Å²) in [4.78, 5) is 14.2. The minimum absolute atomic E-state index is 0.130. The third kappa shape index (κ3) is 4.15. The molecule has 1 amide bonds. The highest BCUT2D eigenvalue weighted by atomic mass is 16.2. The number of rotatable bonds is 7. The normalized spacial score (nSPS) is 10.4. The van der Waals surface area contributed by atoms with Gasteiger partial charge in [-0.25, -0.2) is 0 Å². The highest BCUT2D eigenvalue weighted by Crippen LogP contribution is 2.09. The maximum Gasteiger partial charge on any atom is 0.253 e. The van der Waals surface area contributed by atoms with E-state index in [2.05, 4.69) is 6.92 Å². The second-order valence-electron chi connectivity index (χ2n) is 4.47. The van der Waals surface area contributed by atoms with Crippen LogP contribution in [0.5, 0.6) is 0 Å². The molecule has 0 radical (unpaired) electrons. The van der Waals surface area contributed by atoms with E-state index in [4.69, 9.17) is 5.73 Å². The topological polar surface area (TPSA) is 46.3 Å². The Hall–Kier alpha value is -1.35. The summed E-state index contributed by atoms with van der Waals surface area (Å²) in [5, 5.41) is 0. The maximum atomic E-state index is 12.3. The Bertz CT molecular complexity index is 359. The molecule has 0 heterocycles. The summed E-state index contributed by atoms with van der Waals surface area (Å²) in [6.07, 6.45) is 3.03. The number of nitrogens with two attached hydrogens (primary N) is 1. The van der Waals surface area contributed by atoms with Gasteiger partial charge in [0.2, 0.25) is 0 Å². The zero-order chi connectivity index (χ0) is 13.4. The molecule has 0 aliphatic carbocycles. The van der Waals surface area contributed by atoms with Gasteiger partial charge in [0.05, 0.1) is 0 Å². The summed E-state index contributed by atoms with van der Waals surface area (Å²) < 4.78 is 0. The number of hydrogen-bond acceptors (Lipinski definition) is 2. The molecule has 1 aromatic carbocycles. The average molecular weight is 248 g/mol. The van der Waals surface area contributed by atoms with Crippen molar-refractivity contribution in [1.82, 2.24) is 4.90 Å². The van der Waals surface area contributed by atoms with Crippen molar-refractivity contribution >= 4 is 5.91 Å². The van der Waals surface area contributed by atoms with Gasteiger partial charge in [-0.3, -0.25) is 4.79 Å². The van der Waals surface area contributed by atoms with E-state index in [1.165, 1.54) is 5.56 Å². The summed E-state index contributed by atoms with van der Waals surface area (Å²) in [6.45, 7) is 6.42. The van der Waals surface area contributed by atoms with Crippen molar-refractivity contribution in [3.8, 4) is 0 Å². The molecule has 0 saturated carbocycles. The van der Waals surface area contributed by atoms with Crippen LogP contribution in [-0.4, -0.2) is 30.4 Å². The molecule has 1 aromatic rings. The Balaban J connectivity index is 2.69. The van der Waals surface area contributed by atoms with Crippen molar-refractivity contribution in [2.24, 2.45) is 5.73 Å². The van der Waals surface area contributed by atoms with Crippen molar-refractivity contribution in [3.05, 3.63) is 35.4 Å². The Morgan fingerprint density at radius 3 is 2.39 bits per heavy atom. The lowest BCUT2D eigenvalue weighted by atomic mass is 10.1. The van der Waals surface area contributed by atoms with Crippen LogP contribution in [0.25, 0.3) is 0 Å². The van der Waals surface area contributed by atoms with Crippen LogP contribution in [0.4, 0.5) is 0 Å². The zero-order valence-electron chi connectivity index (χ0n) is 11.5. The third-order valence-electron chi connectivity index (χ3n) is 3.08. The first-order valence-electron chi connectivity index (χ1n) is 6.81. The summed E-state index contributed by atoms with van der Waals surface area (Å²) in [5.74, 6) is 0.130. The number of hydrogen-bond donors (Lipinski definition) is 1. The molecule has 0 fully saturated rings. The van der Waals surface area contributed by atoms with Crippen LogP contribution in [0.15, 0.2) is 24.3 Å². The fourth-order valence-electron chi connectivity index (χ4n) is 1.92. The molecular formula is C15H24N2O. The average Bonchev–Trinajstić information content (AvgIpc) is 2.40. The Morgan fingerprint density at radius 1 is 1.22 bits per heavy atom. The number of unbranched alkanes of at least 4 members (excludes halogenated alkanes) is 1. The molecule has 0 spiro atoms. The van der Waals surface area contributed by atoms with Crippen LogP contribution < -0.4 is 5.73 Å². The molecule has 0 aliphatic rings. The molecule has 18 heavy (non-hydrogen) atoms. The van der Waals surface area contributed by atoms with Crippen molar-refractivity contribution < 1.29 is 4.79 Å². The highest BCUT2D eigenvalue weighted by Gasteiger charge is 2.12. The van der Waals surface area contributed by atoms with E-state index >= 15 is 0 Å². The van der Waals surface area contributed by atoms with Crippen molar-refractivity contribution in [3.63, 3.8) is 0 Å². The lowest BCUT2D eigenvalue weighted by Crippen LogP contribution is -2.31. The number of nitrogens with zero attached hydrogens (tertiary/aromatic N) is 1. The molecule has 0 atom stereocenters. The van der Waals surface area contributed by atoms with Gasteiger partial charge in [-0.1, -0.05) is 25.5 Å². The van der Waals surface area contributed by atoms with E-state index in [0.717, 1.165) is 37.9 Å². The predicted molar refractivity (Wildman–Crippen MR) is 75.7 cm³/mol. The Kier molecular flexibility index (Phi) is 6.44. The number of benzene rings is 1. The SMILES string of the molecule is CCCCN(CC)C(=O)c1ccc(CCN)cc1. The van der Waals surface area contributed by atoms with Gasteiger partial charge >= 0.3 is 0 Å². The minimum Gasteiger partial charge on any atom is -0.339 e. The minimum atomic E-state index is 0.130. The molecule has 2 N–H and O–H groups in total. The first-order chi connectivity index (χ1) is 8.72. The lowest BCUT2D eigenvalue weighted by molar-refractivity contribution is 0.0762. The largest absolute Gasteiger partial charge is 0.339 e. The monoisotopic (exact) mass is 248 g/mol. The second-order valence-corrected chi connectivity index (χ2v) is 4.47. The van der Waals surface area contributed by atoms with Crippen LogP contribution in [0.2, 0.25) is 0 Å². The molecule has 100 valence electrons. The molecule has 0 aromatic heterocycles. The zero-order valence-corrected chi connectivity index (χ0v) is 11.5. The van der Waals surface area contributed by atoms with Gasteiger partial charge in [0.25, 0.3) is 5.91 Å². The van der Waals surface area contributed by atoms with E-state index in [0.29, 0.717) is 6.54 Å². The highest BCUT2D eigenvalue weighted by molar-refractivity contribution is 5.94. The molecule has 0 unspecified atom stereocenters. The van der Waals surface area contributed by atoms with Gasteiger partial charge in [-0.2, -0.15) is 0 Å². The number of carbonyl (C=O) groups is 1. The van der Waals surface area contributed by atoms with E-state index < -0.39 is 0 Å². The summed E-state index contributed by atoms with van der Waals surface area (Å²) in [7, 11) is 0. The number of carbonyl (C=O) groups excluding carboxylic acids is 1. The van der Waals surface area contributed by atoms with Crippen LogP contribution in [0, 0.1) is 0 Å². The van der Waals surface area contributed by atoms with Crippen molar-refractivity contribution in [2.45, 2.75) is 33.1 Å². The quantitative estimate of drug-likeness (QED) is 0.805. The molecule has 0 bridgehead atoms. The molecule has 0 aliphatic heterocycles. The summed E-state index contributed by atoms with van der Waals surface area (Å²) in [6, 6.07) is 7.80. The Morgan fingerprint density at radius 2 is 1.89 bits per heavy atom. The molecule has 1 rings (SSSR count). The number of amides is 1. The smallest absolute Gasteiger partial charge is 0.253 e. The Labute approximate surface area is 110 Å². The molecular weight excluding hydrogens is 224 g/mol. The molecule has 0 saturated heterocycles. The summed E-state index contributed by atoms with van der Waals surface area (Å²) >= 11 is 0. The molecule has 3 heteroatoms. The standard InChI is InChI=1S/C15H24N2O/c1-3-5-12-17(4-2)15(18)14-8-6-13(7-9-14)10-11-16/h6-9H,3-5,10-12,16H2,1-2H3. The van der Waals surface area contributed by atoms with Crippen LogP contribution in [-0.2, 0) is 6.42 Å². The molecule has 3 nitrogen and oxygen atoms in total. The predicted octanol–water partition coefficient (Wildman–Crippen LogP) is 2.45. The fourth-order valence-corrected chi connectivity index (χ4v) is 1.92. The second kappa shape index (κ2) is 7.88. The van der Waals surface area contributed by atoms with Gasteiger partial charge in [-0.15, -0.1) is 0 Å². The van der Waals surface area contributed by atoms with E-state index in [1.54, 1.807) is 0 Å². The van der Waals surface area contributed by atoms with Crippen LogP contribution in [0.3, 0.4) is 0 Å². The van der Waals surface area contributed by atoms with Crippen LogP contribution in [0.1, 0.15) is 42.6 Å². The van der Waals surface area contributed by atoms with E-state index in [9.17, 15) is 4.79 Å². The van der Waals surface area contributed by atoms with Gasteiger partial charge in [0.15, 0.2) is 0 Å². The van der Waals surface area contributed by atoms with Gasteiger partial charge < -0.3 is 10.6 Å². The van der Waals surface area contributed by atoms with Crippen LogP contribution >= 0.6 is 0 Å². The third-order valence-corrected chi connectivity index (χ3v) is 3.08.